The normalized spacial score (nSPS) is 20.4. The number of imidazole rings is 1. The summed E-state index contributed by atoms with van der Waals surface area (Å²) in [5.41, 5.74) is 3.67. The molecule has 0 amide bonds. The monoisotopic (exact) mass is 355 g/mol. The van der Waals surface area contributed by atoms with Crippen LogP contribution >= 0.6 is 15.9 Å². The maximum atomic E-state index is 4.45. The quantitative estimate of drug-likeness (QED) is 0.749. The Hall–Kier alpha value is -1.65. The summed E-state index contributed by atoms with van der Waals surface area (Å²) in [6, 6.07) is 14.9. The SMILES string of the molecule is Brc1ccn2c(CNC[C@H]3C[C@@H]3c3ccccc3)cnc2c1. The number of halogens is 1. The van der Waals surface area contributed by atoms with Crippen LogP contribution in [0.3, 0.4) is 0 Å². The molecule has 22 heavy (non-hydrogen) atoms. The average Bonchev–Trinajstić information content (AvgIpc) is 3.21. The molecule has 2 heterocycles. The minimum atomic E-state index is 0.742. The summed E-state index contributed by atoms with van der Waals surface area (Å²) in [7, 11) is 0. The van der Waals surface area contributed by atoms with E-state index in [1.54, 1.807) is 0 Å². The first-order valence-corrected chi connectivity index (χ1v) is 8.48. The first kappa shape index (κ1) is 14.0. The van der Waals surface area contributed by atoms with Gasteiger partial charge in [0.1, 0.15) is 5.65 Å². The molecule has 0 spiro atoms. The highest BCUT2D eigenvalue weighted by molar-refractivity contribution is 9.10. The van der Waals surface area contributed by atoms with Crippen molar-refractivity contribution in [3.8, 4) is 0 Å². The van der Waals surface area contributed by atoms with E-state index in [0.29, 0.717) is 0 Å². The van der Waals surface area contributed by atoms with E-state index in [0.717, 1.165) is 35.0 Å². The van der Waals surface area contributed by atoms with Crippen LogP contribution in [-0.2, 0) is 6.54 Å². The molecule has 1 fully saturated rings. The number of pyridine rings is 1. The molecule has 1 N–H and O–H groups in total. The predicted molar refractivity (Wildman–Crippen MR) is 91.9 cm³/mol. The fourth-order valence-corrected chi connectivity index (χ4v) is 3.43. The summed E-state index contributed by atoms with van der Waals surface area (Å²) in [5, 5.41) is 3.58. The Morgan fingerprint density at radius 2 is 2.09 bits per heavy atom. The highest BCUT2D eigenvalue weighted by atomic mass is 79.9. The van der Waals surface area contributed by atoms with Crippen LogP contribution in [0.2, 0.25) is 0 Å². The Bertz CT molecular complexity index is 781. The molecule has 0 saturated heterocycles. The van der Waals surface area contributed by atoms with Crippen molar-refractivity contribution in [2.45, 2.75) is 18.9 Å². The number of hydrogen-bond acceptors (Lipinski definition) is 2. The molecule has 0 unspecified atom stereocenters. The van der Waals surface area contributed by atoms with Crippen molar-refractivity contribution in [3.63, 3.8) is 0 Å². The number of fused-ring (bicyclic) bond motifs is 1. The first-order chi connectivity index (χ1) is 10.8. The van der Waals surface area contributed by atoms with Gasteiger partial charge in [-0.05, 0) is 42.5 Å². The third kappa shape index (κ3) is 2.81. The summed E-state index contributed by atoms with van der Waals surface area (Å²) < 4.78 is 3.20. The minimum Gasteiger partial charge on any atom is -0.311 e. The van der Waals surface area contributed by atoms with Crippen molar-refractivity contribution in [1.29, 1.82) is 0 Å². The summed E-state index contributed by atoms with van der Waals surface area (Å²) in [5.74, 6) is 1.52. The van der Waals surface area contributed by atoms with Crippen LogP contribution in [-0.4, -0.2) is 15.9 Å². The standard InChI is InChI=1S/C18H18BrN3/c19-15-6-7-22-16(12-21-18(22)9-15)11-20-10-14-8-17(14)13-4-2-1-3-5-13/h1-7,9,12,14,17,20H,8,10-11H2/t14-,17-/m1/s1. The van der Waals surface area contributed by atoms with Gasteiger partial charge in [0.15, 0.2) is 0 Å². The van der Waals surface area contributed by atoms with E-state index in [-0.39, 0.29) is 0 Å². The molecular formula is C18H18BrN3. The molecule has 4 heteroatoms. The topological polar surface area (TPSA) is 29.3 Å². The van der Waals surface area contributed by atoms with Crippen LogP contribution in [0.4, 0.5) is 0 Å². The number of rotatable bonds is 5. The molecule has 1 aliphatic carbocycles. The van der Waals surface area contributed by atoms with E-state index in [1.807, 2.05) is 18.3 Å². The second-order valence-corrected chi connectivity index (χ2v) is 6.88. The number of benzene rings is 1. The van der Waals surface area contributed by atoms with Crippen molar-refractivity contribution in [1.82, 2.24) is 14.7 Å². The highest BCUT2D eigenvalue weighted by Crippen LogP contribution is 2.46. The zero-order valence-corrected chi connectivity index (χ0v) is 13.8. The van der Waals surface area contributed by atoms with Gasteiger partial charge in [-0.15, -0.1) is 0 Å². The minimum absolute atomic E-state index is 0.742. The van der Waals surface area contributed by atoms with E-state index in [4.69, 9.17) is 0 Å². The molecule has 0 bridgehead atoms. The van der Waals surface area contributed by atoms with Gasteiger partial charge in [-0.1, -0.05) is 46.3 Å². The lowest BCUT2D eigenvalue weighted by atomic mass is 10.1. The number of nitrogens with one attached hydrogen (secondary N) is 1. The van der Waals surface area contributed by atoms with Crippen LogP contribution < -0.4 is 5.32 Å². The van der Waals surface area contributed by atoms with Crippen molar-refractivity contribution >= 4 is 21.6 Å². The van der Waals surface area contributed by atoms with Gasteiger partial charge in [0, 0.05) is 17.2 Å². The van der Waals surface area contributed by atoms with Gasteiger partial charge in [-0.25, -0.2) is 4.98 Å². The maximum Gasteiger partial charge on any atom is 0.138 e. The number of aromatic nitrogens is 2. The maximum absolute atomic E-state index is 4.45. The van der Waals surface area contributed by atoms with Crippen LogP contribution in [0.1, 0.15) is 23.6 Å². The van der Waals surface area contributed by atoms with Crippen molar-refractivity contribution in [3.05, 3.63) is 70.6 Å². The zero-order valence-electron chi connectivity index (χ0n) is 12.2. The van der Waals surface area contributed by atoms with Crippen molar-refractivity contribution in [2.24, 2.45) is 5.92 Å². The van der Waals surface area contributed by atoms with Crippen molar-refractivity contribution in [2.75, 3.05) is 6.54 Å². The van der Waals surface area contributed by atoms with E-state index in [9.17, 15) is 0 Å². The molecule has 0 aliphatic heterocycles. The van der Waals surface area contributed by atoms with Gasteiger partial charge in [0.05, 0.1) is 11.9 Å². The Balaban J connectivity index is 1.34. The molecule has 3 aromatic rings. The Morgan fingerprint density at radius 1 is 1.23 bits per heavy atom. The van der Waals surface area contributed by atoms with Gasteiger partial charge >= 0.3 is 0 Å². The van der Waals surface area contributed by atoms with E-state index in [2.05, 4.69) is 67.2 Å². The molecule has 0 radical (unpaired) electrons. The van der Waals surface area contributed by atoms with Gasteiger partial charge in [0.25, 0.3) is 0 Å². The number of hydrogen-bond donors (Lipinski definition) is 1. The average molecular weight is 356 g/mol. The molecule has 1 aliphatic rings. The zero-order chi connectivity index (χ0) is 14.9. The first-order valence-electron chi connectivity index (χ1n) is 7.68. The molecule has 3 nitrogen and oxygen atoms in total. The summed E-state index contributed by atoms with van der Waals surface area (Å²) in [4.78, 5) is 4.45. The molecule has 112 valence electrons. The van der Waals surface area contributed by atoms with Gasteiger partial charge in [0.2, 0.25) is 0 Å². The lowest BCUT2D eigenvalue weighted by Gasteiger charge is -2.05. The Kier molecular flexibility index (Phi) is 3.72. The van der Waals surface area contributed by atoms with Gasteiger partial charge in [-0.2, -0.15) is 0 Å². The smallest absolute Gasteiger partial charge is 0.138 e. The van der Waals surface area contributed by atoms with Gasteiger partial charge in [-0.3, -0.25) is 0 Å². The van der Waals surface area contributed by atoms with Crippen LogP contribution in [0.25, 0.3) is 5.65 Å². The third-order valence-electron chi connectivity index (χ3n) is 4.41. The molecule has 1 aromatic carbocycles. The molecule has 4 rings (SSSR count). The van der Waals surface area contributed by atoms with Gasteiger partial charge < -0.3 is 9.72 Å². The van der Waals surface area contributed by atoms with Crippen LogP contribution in [0.5, 0.6) is 0 Å². The van der Waals surface area contributed by atoms with Crippen molar-refractivity contribution < 1.29 is 0 Å². The summed E-state index contributed by atoms with van der Waals surface area (Å²) in [6.45, 7) is 1.93. The summed E-state index contributed by atoms with van der Waals surface area (Å²) in [6.07, 6.45) is 5.32. The van der Waals surface area contributed by atoms with E-state index in [1.165, 1.54) is 17.7 Å². The lowest BCUT2D eigenvalue weighted by molar-refractivity contribution is 0.617. The molecular weight excluding hydrogens is 338 g/mol. The predicted octanol–water partition coefficient (Wildman–Crippen LogP) is 3.99. The second kappa shape index (κ2) is 5.86. The lowest BCUT2D eigenvalue weighted by Crippen LogP contribution is -2.17. The fraction of sp³-hybridized carbons (Fsp3) is 0.278. The highest BCUT2D eigenvalue weighted by Gasteiger charge is 2.37. The Morgan fingerprint density at radius 3 is 2.95 bits per heavy atom. The molecule has 2 aromatic heterocycles. The van der Waals surface area contributed by atoms with Crippen LogP contribution in [0, 0.1) is 5.92 Å². The fourth-order valence-electron chi connectivity index (χ4n) is 3.11. The largest absolute Gasteiger partial charge is 0.311 e. The van der Waals surface area contributed by atoms with E-state index >= 15 is 0 Å². The van der Waals surface area contributed by atoms with Crippen LogP contribution in [0.15, 0.2) is 59.3 Å². The summed E-state index contributed by atoms with van der Waals surface area (Å²) >= 11 is 3.48. The van der Waals surface area contributed by atoms with E-state index < -0.39 is 0 Å². The Labute approximate surface area is 138 Å². The second-order valence-electron chi connectivity index (χ2n) is 5.97. The number of nitrogens with zero attached hydrogens (tertiary/aromatic N) is 2. The molecule has 2 atom stereocenters. The third-order valence-corrected chi connectivity index (χ3v) is 4.91. The molecule has 1 saturated carbocycles.